The summed E-state index contributed by atoms with van der Waals surface area (Å²) < 4.78 is 10.1. The van der Waals surface area contributed by atoms with Gasteiger partial charge in [0.2, 0.25) is 5.89 Å². The Balaban J connectivity index is 1.78. The number of amides is 1. The maximum absolute atomic E-state index is 13.3. The topological polar surface area (TPSA) is 72.6 Å². The molecular formula is C23H30N2O4. The lowest BCUT2D eigenvalue weighted by Gasteiger charge is -2.33. The quantitative estimate of drug-likeness (QED) is 0.599. The van der Waals surface area contributed by atoms with Crippen molar-refractivity contribution >= 4 is 11.9 Å². The molecule has 0 atom stereocenters. The van der Waals surface area contributed by atoms with Gasteiger partial charge in [0.05, 0.1) is 13.7 Å². The average molecular weight is 399 g/mol. The van der Waals surface area contributed by atoms with Gasteiger partial charge in [0.25, 0.3) is 5.91 Å². The van der Waals surface area contributed by atoms with Crippen LogP contribution in [0.4, 0.5) is 0 Å². The first-order chi connectivity index (χ1) is 14.1. The maximum atomic E-state index is 13.3. The predicted molar refractivity (Wildman–Crippen MR) is 110 cm³/mol. The second-order valence-corrected chi connectivity index (χ2v) is 7.64. The van der Waals surface area contributed by atoms with E-state index in [1.54, 1.807) is 0 Å². The predicted octanol–water partition coefficient (Wildman–Crippen LogP) is 4.78. The summed E-state index contributed by atoms with van der Waals surface area (Å²) in [4.78, 5) is 31.0. The molecule has 0 aliphatic heterocycles. The molecule has 1 aromatic carbocycles. The van der Waals surface area contributed by atoms with Gasteiger partial charge in [0.1, 0.15) is 6.26 Å². The minimum atomic E-state index is -0.543. The number of hydrogen-bond donors (Lipinski definition) is 0. The van der Waals surface area contributed by atoms with Crippen molar-refractivity contribution < 1.29 is 18.7 Å². The summed E-state index contributed by atoms with van der Waals surface area (Å²) in [5, 5.41) is 0. The molecule has 0 N–H and O–H groups in total. The molecule has 0 radical (unpaired) electrons. The zero-order valence-electron chi connectivity index (χ0n) is 17.4. The van der Waals surface area contributed by atoms with Crippen molar-refractivity contribution in [2.75, 3.05) is 7.11 Å². The van der Waals surface area contributed by atoms with Crippen LogP contribution in [0.2, 0.25) is 0 Å². The minimum absolute atomic E-state index is 0.0169. The van der Waals surface area contributed by atoms with Gasteiger partial charge in [-0.2, -0.15) is 0 Å². The molecule has 1 fully saturated rings. The van der Waals surface area contributed by atoms with Crippen molar-refractivity contribution in [2.45, 2.75) is 70.9 Å². The van der Waals surface area contributed by atoms with Crippen molar-refractivity contribution in [1.29, 1.82) is 0 Å². The highest BCUT2D eigenvalue weighted by Crippen LogP contribution is 2.26. The standard InChI is InChI=1S/C23H30N2O4/c1-3-4-8-17-11-13-18(14-12-17)22(26)25(19-9-6-5-7-10-19)15-21-24-20(16-29-21)23(27)28-2/h11-14,16,19H,3-10,15H2,1-2H3. The van der Waals surface area contributed by atoms with E-state index in [0.29, 0.717) is 11.5 Å². The number of esters is 1. The molecule has 2 aromatic rings. The van der Waals surface area contributed by atoms with Crippen LogP contribution in [0.15, 0.2) is 34.9 Å². The van der Waals surface area contributed by atoms with Crippen LogP contribution in [0.25, 0.3) is 0 Å². The number of methoxy groups -OCH3 is 1. The summed E-state index contributed by atoms with van der Waals surface area (Å²) in [7, 11) is 1.30. The van der Waals surface area contributed by atoms with E-state index in [9.17, 15) is 9.59 Å². The van der Waals surface area contributed by atoms with Gasteiger partial charge in [-0.25, -0.2) is 9.78 Å². The number of unbranched alkanes of at least 4 members (excludes halogenated alkanes) is 1. The number of oxazole rings is 1. The summed E-state index contributed by atoms with van der Waals surface area (Å²) >= 11 is 0. The van der Waals surface area contributed by atoms with E-state index >= 15 is 0 Å². The first kappa shape index (κ1) is 21.1. The molecule has 1 saturated carbocycles. The fourth-order valence-electron chi connectivity index (χ4n) is 3.85. The molecule has 1 heterocycles. The average Bonchev–Trinajstić information content (AvgIpc) is 3.25. The molecule has 6 nitrogen and oxygen atoms in total. The number of benzene rings is 1. The van der Waals surface area contributed by atoms with Crippen molar-refractivity contribution in [3.05, 3.63) is 53.2 Å². The third-order valence-corrected chi connectivity index (χ3v) is 5.55. The van der Waals surface area contributed by atoms with Crippen LogP contribution >= 0.6 is 0 Å². The number of carbonyl (C=O) groups excluding carboxylic acids is 2. The van der Waals surface area contributed by atoms with E-state index in [1.807, 2.05) is 29.2 Å². The summed E-state index contributed by atoms with van der Waals surface area (Å²) in [6.45, 7) is 2.42. The van der Waals surface area contributed by atoms with Gasteiger partial charge in [0, 0.05) is 11.6 Å². The van der Waals surface area contributed by atoms with Crippen LogP contribution in [0.5, 0.6) is 0 Å². The van der Waals surface area contributed by atoms with Gasteiger partial charge in [0.15, 0.2) is 5.69 Å². The largest absolute Gasteiger partial charge is 0.464 e. The molecule has 29 heavy (non-hydrogen) atoms. The Hall–Kier alpha value is -2.63. The molecule has 0 spiro atoms. The van der Waals surface area contributed by atoms with Crippen LogP contribution in [0.3, 0.4) is 0 Å². The van der Waals surface area contributed by atoms with Crippen LogP contribution in [-0.4, -0.2) is 34.9 Å². The number of ether oxygens (including phenoxy) is 1. The molecule has 1 aromatic heterocycles. The van der Waals surface area contributed by atoms with Crippen molar-refractivity contribution in [3.63, 3.8) is 0 Å². The summed E-state index contributed by atoms with van der Waals surface area (Å²) in [5.74, 6) is -0.209. The Bertz CT molecular complexity index is 807. The molecule has 156 valence electrons. The number of hydrogen-bond acceptors (Lipinski definition) is 5. The van der Waals surface area contributed by atoms with E-state index in [4.69, 9.17) is 4.42 Å². The lowest BCUT2D eigenvalue weighted by atomic mass is 9.93. The Morgan fingerprint density at radius 3 is 2.55 bits per heavy atom. The molecule has 6 heteroatoms. The number of nitrogens with zero attached hydrogens (tertiary/aromatic N) is 2. The van der Waals surface area contributed by atoms with Crippen molar-refractivity contribution in [2.24, 2.45) is 0 Å². The number of carbonyl (C=O) groups is 2. The number of rotatable bonds is 8. The summed E-state index contributed by atoms with van der Waals surface area (Å²) in [6.07, 6.45) is 10.0. The fourth-order valence-corrected chi connectivity index (χ4v) is 3.85. The van der Waals surface area contributed by atoms with Gasteiger partial charge in [-0.3, -0.25) is 4.79 Å². The van der Waals surface area contributed by atoms with Gasteiger partial charge in [-0.1, -0.05) is 44.7 Å². The van der Waals surface area contributed by atoms with Gasteiger partial charge < -0.3 is 14.1 Å². The smallest absolute Gasteiger partial charge is 0.360 e. The van der Waals surface area contributed by atoms with Crippen LogP contribution in [-0.2, 0) is 17.7 Å². The van der Waals surface area contributed by atoms with E-state index in [-0.39, 0.29) is 24.2 Å². The van der Waals surface area contributed by atoms with Gasteiger partial charge in [-0.15, -0.1) is 0 Å². The second-order valence-electron chi connectivity index (χ2n) is 7.64. The summed E-state index contributed by atoms with van der Waals surface area (Å²) in [5.41, 5.74) is 2.05. The number of aromatic nitrogens is 1. The SMILES string of the molecule is CCCCc1ccc(C(=O)N(Cc2nc(C(=O)OC)co2)C2CCCCC2)cc1. The molecule has 0 unspecified atom stereocenters. The number of aryl methyl sites for hydroxylation is 1. The highest BCUT2D eigenvalue weighted by molar-refractivity contribution is 5.94. The van der Waals surface area contributed by atoms with Gasteiger partial charge >= 0.3 is 5.97 Å². The highest BCUT2D eigenvalue weighted by Gasteiger charge is 2.28. The maximum Gasteiger partial charge on any atom is 0.360 e. The van der Waals surface area contributed by atoms with Crippen molar-refractivity contribution in [3.8, 4) is 0 Å². The zero-order chi connectivity index (χ0) is 20.6. The van der Waals surface area contributed by atoms with E-state index in [2.05, 4.69) is 16.6 Å². The third-order valence-electron chi connectivity index (χ3n) is 5.55. The monoisotopic (exact) mass is 398 g/mol. The minimum Gasteiger partial charge on any atom is -0.464 e. The van der Waals surface area contributed by atoms with Crippen molar-refractivity contribution in [1.82, 2.24) is 9.88 Å². The molecule has 3 rings (SSSR count). The van der Waals surface area contributed by atoms with E-state index < -0.39 is 5.97 Å². The second kappa shape index (κ2) is 10.2. The highest BCUT2D eigenvalue weighted by atomic mass is 16.5. The zero-order valence-corrected chi connectivity index (χ0v) is 17.4. The molecule has 1 aliphatic rings. The van der Waals surface area contributed by atoms with E-state index in [1.165, 1.54) is 25.4 Å². The van der Waals surface area contributed by atoms with Crippen LogP contribution in [0, 0.1) is 0 Å². The van der Waals surface area contributed by atoms with Gasteiger partial charge in [-0.05, 0) is 43.4 Å². The Kier molecular flexibility index (Phi) is 7.44. The lowest BCUT2D eigenvalue weighted by molar-refractivity contribution is 0.0590. The molecule has 1 aliphatic carbocycles. The first-order valence-electron chi connectivity index (χ1n) is 10.5. The molecule has 0 saturated heterocycles. The fraction of sp³-hybridized carbons (Fsp3) is 0.522. The Labute approximate surface area is 172 Å². The third kappa shape index (κ3) is 5.46. The summed E-state index contributed by atoms with van der Waals surface area (Å²) in [6, 6.07) is 8.08. The Morgan fingerprint density at radius 2 is 1.90 bits per heavy atom. The van der Waals surface area contributed by atoms with Crippen LogP contribution in [0.1, 0.15) is 84.2 Å². The molecule has 1 amide bonds. The molecular weight excluding hydrogens is 368 g/mol. The molecule has 0 bridgehead atoms. The first-order valence-corrected chi connectivity index (χ1v) is 10.5. The lowest BCUT2D eigenvalue weighted by Crippen LogP contribution is -2.41. The van der Waals surface area contributed by atoms with E-state index in [0.717, 1.165) is 44.9 Å². The van der Waals surface area contributed by atoms with Crippen LogP contribution < -0.4 is 0 Å². The Morgan fingerprint density at radius 1 is 1.17 bits per heavy atom. The normalized spacial score (nSPS) is 14.6.